The molecule has 19 heavy (non-hydrogen) atoms. The van der Waals surface area contributed by atoms with E-state index in [1.807, 2.05) is 11.4 Å². The van der Waals surface area contributed by atoms with Gasteiger partial charge in [0.15, 0.2) is 0 Å². The standard InChI is InChI=1S/C13H10FN3OS/c1-7-2-3-8(6-10(7)14)12-16-13(18-17-12)9-4-5-19-11(9)15/h2-6H,15H2,1H3. The van der Waals surface area contributed by atoms with E-state index in [1.165, 1.54) is 17.4 Å². The number of hydrogen-bond acceptors (Lipinski definition) is 5. The number of rotatable bonds is 2. The molecule has 0 unspecified atom stereocenters. The zero-order valence-electron chi connectivity index (χ0n) is 10.1. The van der Waals surface area contributed by atoms with Crippen molar-refractivity contribution in [3.63, 3.8) is 0 Å². The fourth-order valence-electron chi connectivity index (χ4n) is 1.68. The van der Waals surface area contributed by atoms with Crippen molar-refractivity contribution in [3.05, 3.63) is 41.0 Å². The highest BCUT2D eigenvalue weighted by Gasteiger charge is 2.14. The zero-order valence-corrected chi connectivity index (χ0v) is 10.9. The Bertz CT molecular complexity index is 735. The first-order valence-electron chi connectivity index (χ1n) is 5.59. The molecule has 0 saturated carbocycles. The maximum absolute atomic E-state index is 13.5. The van der Waals surface area contributed by atoms with Crippen LogP contribution in [0.2, 0.25) is 0 Å². The van der Waals surface area contributed by atoms with Gasteiger partial charge in [-0.15, -0.1) is 11.3 Å². The Morgan fingerprint density at radius 1 is 1.32 bits per heavy atom. The van der Waals surface area contributed by atoms with E-state index in [9.17, 15) is 4.39 Å². The van der Waals surface area contributed by atoms with Crippen molar-refractivity contribution in [1.29, 1.82) is 0 Å². The average Bonchev–Trinajstić information content (AvgIpc) is 3.01. The van der Waals surface area contributed by atoms with Gasteiger partial charge in [0.05, 0.1) is 10.6 Å². The molecule has 2 aromatic heterocycles. The van der Waals surface area contributed by atoms with Gasteiger partial charge in [-0.25, -0.2) is 4.39 Å². The van der Waals surface area contributed by atoms with Gasteiger partial charge >= 0.3 is 0 Å². The first kappa shape index (κ1) is 11.9. The minimum atomic E-state index is -0.293. The molecule has 2 N–H and O–H groups in total. The number of anilines is 1. The van der Waals surface area contributed by atoms with E-state index < -0.39 is 0 Å². The molecule has 4 nitrogen and oxygen atoms in total. The molecular weight excluding hydrogens is 265 g/mol. The molecule has 3 aromatic rings. The molecule has 96 valence electrons. The number of halogens is 1. The van der Waals surface area contributed by atoms with Crippen LogP contribution in [0.25, 0.3) is 22.8 Å². The van der Waals surface area contributed by atoms with E-state index in [2.05, 4.69) is 10.1 Å². The monoisotopic (exact) mass is 275 g/mol. The molecular formula is C13H10FN3OS. The van der Waals surface area contributed by atoms with Crippen LogP contribution in [-0.4, -0.2) is 10.1 Å². The van der Waals surface area contributed by atoms with Gasteiger partial charge in [0.1, 0.15) is 5.82 Å². The van der Waals surface area contributed by atoms with Crippen molar-refractivity contribution in [2.45, 2.75) is 6.92 Å². The summed E-state index contributed by atoms with van der Waals surface area (Å²) in [6, 6.07) is 6.64. The van der Waals surface area contributed by atoms with Gasteiger partial charge in [0, 0.05) is 5.56 Å². The molecule has 2 heterocycles. The second kappa shape index (κ2) is 4.47. The lowest BCUT2D eigenvalue weighted by molar-refractivity contribution is 0.432. The summed E-state index contributed by atoms with van der Waals surface area (Å²) in [7, 11) is 0. The number of nitrogen functional groups attached to an aromatic ring is 1. The van der Waals surface area contributed by atoms with Crippen molar-refractivity contribution >= 4 is 16.3 Å². The summed E-state index contributed by atoms with van der Waals surface area (Å²) in [4.78, 5) is 4.24. The number of nitrogens with two attached hydrogens (primary N) is 1. The molecule has 1 aromatic carbocycles. The van der Waals surface area contributed by atoms with Gasteiger partial charge < -0.3 is 10.3 Å². The molecule has 0 fully saturated rings. The van der Waals surface area contributed by atoms with Crippen LogP contribution >= 0.6 is 11.3 Å². The second-order valence-electron chi connectivity index (χ2n) is 4.09. The topological polar surface area (TPSA) is 64.9 Å². The van der Waals surface area contributed by atoms with Crippen LogP contribution in [0.1, 0.15) is 5.56 Å². The lowest BCUT2D eigenvalue weighted by Gasteiger charge is -1.97. The number of aryl methyl sites for hydroxylation is 1. The Hall–Kier alpha value is -2.21. The third-order valence-electron chi connectivity index (χ3n) is 2.78. The predicted molar refractivity (Wildman–Crippen MR) is 72.2 cm³/mol. The third-order valence-corrected chi connectivity index (χ3v) is 3.53. The molecule has 3 rings (SSSR count). The SMILES string of the molecule is Cc1ccc(-c2noc(-c3ccsc3N)n2)cc1F. The predicted octanol–water partition coefficient (Wildman–Crippen LogP) is 3.49. The number of aromatic nitrogens is 2. The highest BCUT2D eigenvalue weighted by atomic mass is 32.1. The van der Waals surface area contributed by atoms with Gasteiger partial charge in [-0.05, 0) is 30.0 Å². The summed E-state index contributed by atoms with van der Waals surface area (Å²) in [5.74, 6) is 0.396. The van der Waals surface area contributed by atoms with Crippen molar-refractivity contribution in [2.24, 2.45) is 0 Å². The Labute approximate surface area is 112 Å². The molecule has 0 amide bonds. The smallest absolute Gasteiger partial charge is 0.261 e. The third kappa shape index (κ3) is 2.10. The van der Waals surface area contributed by atoms with E-state index in [-0.39, 0.29) is 5.82 Å². The molecule has 0 aliphatic carbocycles. The van der Waals surface area contributed by atoms with E-state index in [0.717, 1.165) is 0 Å². The zero-order chi connectivity index (χ0) is 13.4. The van der Waals surface area contributed by atoms with Crippen LogP contribution < -0.4 is 5.73 Å². The summed E-state index contributed by atoms with van der Waals surface area (Å²) in [6.07, 6.45) is 0. The normalized spacial score (nSPS) is 10.8. The lowest BCUT2D eigenvalue weighted by atomic mass is 10.1. The molecule has 0 bridgehead atoms. The van der Waals surface area contributed by atoms with Crippen LogP contribution in [0.15, 0.2) is 34.2 Å². The van der Waals surface area contributed by atoms with Gasteiger partial charge in [0.2, 0.25) is 5.82 Å². The van der Waals surface area contributed by atoms with Crippen LogP contribution in [-0.2, 0) is 0 Å². The molecule has 0 saturated heterocycles. The molecule has 0 aliphatic rings. The summed E-state index contributed by atoms with van der Waals surface area (Å²) >= 11 is 1.40. The average molecular weight is 275 g/mol. The van der Waals surface area contributed by atoms with Crippen LogP contribution in [0.5, 0.6) is 0 Å². The first-order valence-corrected chi connectivity index (χ1v) is 6.46. The Balaban J connectivity index is 2.01. The highest BCUT2D eigenvalue weighted by molar-refractivity contribution is 7.14. The molecule has 0 atom stereocenters. The largest absolute Gasteiger partial charge is 0.390 e. The van der Waals surface area contributed by atoms with Gasteiger partial charge in [0.25, 0.3) is 5.89 Å². The highest BCUT2D eigenvalue weighted by Crippen LogP contribution is 2.30. The van der Waals surface area contributed by atoms with E-state index in [1.54, 1.807) is 19.1 Å². The molecule has 0 aliphatic heterocycles. The Kier molecular flexibility index (Phi) is 2.79. The van der Waals surface area contributed by atoms with Gasteiger partial charge in [-0.1, -0.05) is 17.3 Å². The van der Waals surface area contributed by atoms with Gasteiger partial charge in [-0.3, -0.25) is 0 Å². The fraction of sp³-hybridized carbons (Fsp3) is 0.0769. The number of thiophene rings is 1. The molecule has 6 heteroatoms. The van der Waals surface area contributed by atoms with Crippen LogP contribution in [0.4, 0.5) is 9.39 Å². The number of benzene rings is 1. The number of nitrogens with zero attached hydrogens (tertiary/aromatic N) is 2. The van der Waals surface area contributed by atoms with Crippen molar-refractivity contribution < 1.29 is 8.91 Å². The summed E-state index contributed by atoms with van der Waals surface area (Å²) in [5.41, 5.74) is 7.65. The van der Waals surface area contributed by atoms with Gasteiger partial charge in [-0.2, -0.15) is 4.98 Å². The Morgan fingerprint density at radius 3 is 2.84 bits per heavy atom. The van der Waals surface area contributed by atoms with E-state index in [0.29, 0.717) is 33.4 Å². The van der Waals surface area contributed by atoms with Crippen LogP contribution in [0, 0.1) is 12.7 Å². The number of hydrogen-bond donors (Lipinski definition) is 1. The summed E-state index contributed by atoms with van der Waals surface area (Å²) in [6.45, 7) is 1.70. The minimum Gasteiger partial charge on any atom is -0.390 e. The molecule has 0 radical (unpaired) electrons. The van der Waals surface area contributed by atoms with Crippen molar-refractivity contribution in [2.75, 3.05) is 5.73 Å². The van der Waals surface area contributed by atoms with E-state index in [4.69, 9.17) is 10.3 Å². The maximum Gasteiger partial charge on any atom is 0.261 e. The molecule has 0 spiro atoms. The minimum absolute atomic E-state index is 0.293. The lowest BCUT2D eigenvalue weighted by Crippen LogP contribution is -1.86. The second-order valence-corrected chi connectivity index (χ2v) is 5.03. The van der Waals surface area contributed by atoms with E-state index >= 15 is 0 Å². The van der Waals surface area contributed by atoms with Crippen molar-refractivity contribution in [1.82, 2.24) is 10.1 Å². The summed E-state index contributed by atoms with van der Waals surface area (Å²) < 4.78 is 18.7. The maximum atomic E-state index is 13.5. The fourth-order valence-corrected chi connectivity index (χ4v) is 2.31. The van der Waals surface area contributed by atoms with Crippen molar-refractivity contribution in [3.8, 4) is 22.8 Å². The Morgan fingerprint density at radius 2 is 2.16 bits per heavy atom. The quantitative estimate of drug-likeness (QED) is 0.777. The summed E-state index contributed by atoms with van der Waals surface area (Å²) in [5, 5.41) is 6.31. The van der Waals surface area contributed by atoms with Crippen LogP contribution in [0.3, 0.4) is 0 Å². The first-order chi connectivity index (χ1) is 9.15.